The van der Waals surface area contributed by atoms with E-state index < -0.39 is 0 Å². The van der Waals surface area contributed by atoms with Crippen LogP contribution >= 0.6 is 11.3 Å². The lowest BCUT2D eigenvalue weighted by atomic mass is 10.0. The molecule has 0 atom stereocenters. The Labute approximate surface area is 282 Å². The number of para-hydroxylation sites is 1. The third-order valence-electron chi connectivity index (χ3n) is 10.3. The van der Waals surface area contributed by atoms with Gasteiger partial charge in [-0.05, 0) is 47.2 Å². The zero-order chi connectivity index (χ0) is 31.8. The summed E-state index contributed by atoms with van der Waals surface area (Å²) >= 11 is 1.87. The number of aromatic nitrogens is 5. The van der Waals surface area contributed by atoms with E-state index in [1.165, 1.54) is 58.3 Å². The number of fused-ring (bicyclic) bond motifs is 5. The van der Waals surface area contributed by atoms with Gasteiger partial charge in [0.2, 0.25) is 5.95 Å². The van der Waals surface area contributed by atoms with Crippen molar-refractivity contribution in [2.75, 3.05) is 0 Å². The van der Waals surface area contributed by atoms with Crippen molar-refractivity contribution < 1.29 is 0 Å². The van der Waals surface area contributed by atoms with Gasteiger partial charge in [0.1, 0.15) is 0 Å². The molecule has 0 fully saturated rings. The molecule has 0 aliphatic heterocycles. The molecule has 0 bridgehead atoms. The summed E-state index contributed by atoms with van der Waals surface area (Å²) < 4.78 is 7.35. The summed E-state index contributed by atoms with van der Waals surface area (Å²) in [5, 5.41) is 9.94. The first-order chi connectivity index (χ1) is 24.3. The van der Waals surface area contributed by atoms with E-state index >= 15 is 0 Å². The molecule has 0 radical (unpaired) electrons. The second-order valence-corrected chi connectivity index (χ2v) is 13.9. The molecule has 0 aliphatic carbocycles. The maximum atomic E-state index is 5.31. The van der Waals surface area contributed by atoms with Crippen LogP contribution in [0.25, 0.3) is 109 Å². The van der Waals surface area contributed by atoms with E-state index in [1.807, 2.05) is 29.5 Å². The second-order valence-electron chi connectivity index (χ2n) is 12.8. The van der Waals surface area contributed by atoms with E-state index in [0.717, 1.165) is 32.9 Å². The Morgan fingerprint density at radius 1 is 0.429 bits per heavy atom. The van der Waals surface area contributed by atoms with E-state index in [-0.39, 0.29) is 0 Å². The fourth-order valence-electron chi connectivity index (χ4n) is 8.30. The van der Waals surface area contributed by atoms with E-state index in [9.17, 15) is 0 Å². The van der Waals surface area contributed by atoms with Crippen molar-refractivity contribution in [1.82, 2.24) is 23.9 Å². The Morgan fingerprint density at radius 2 is 1.12 bits per heavy atom. The van der Waals surface area contributed by atoms with Crippen molar-refractivity contribution in [2.45, 2.75) is 0 Å². The number of hydrogen-bond donors (Lipinski definition) is 0. The maximum Gasteiger partial charge on any atom is 0.238 e. The first-order valence-electron chi connectivity index (χ1n) is 16.5. The first-order valence-corrected chi connectivity index (χ1v) is 17.3. The standard InChI is InChI=1S/C43H23N5S/c1-2-11-25(12-3-1)41-44-42(29-16-8-13-24-10-4-5-14-26(24)29)46-43(45-41)48-32-19-9-18-31-36(32)37-33(48)21-23-34-38(37)39-35(49-34)22-20-28-27-15-6-7-17-30(27)47(31)40(28)39/h1-23H. The predicted molar refractivity (Wildman–Crippen MR) is 204 cm³/mol. The lowest BCUT2D eigenvalue weighted by molar-refractivity contribution is 0.954. The Hall–Kier alpha value is -6.37. The Morgan fingerprint density at radius 3 is 2.06 bits per heavy atom. The van der Waals surface area contributed by atoms with Crippen molar-refractivity contribution in [3.05, 3.63) is 140 Å². The van der Waals surface area contributed by atoms with E-state index in [4.69, 9.17) is 15.0 Å². The van der Waals surface area contributed by atoms with Crippen LogP contribution in [0.5, 0.6) is 0 Å². The van der Waals surface area contributed by atoms with Crippen molar-refractivity contribution in [1.29, 1.82) is 0 Å². The fraction of sp³-hybridized carbons (Fsp3) is 0. The predicted octanol–water partition coefficient (Wildman–Crippen LogP) is 11.3. The number of thiophene rings is 1. The van der Waals surface area contributed by atoms with Gasteiger partial charge in [-0.15, -0.1) is 11.3 Å². The van der Waals surface area contributed by atoms with E-state index in [2.05, 4.69) is 130 Å². The Balaban J connectivity index is 1.28. The maximum absolute atomic E-state index is 5.31. The van der Waals surface area contributed by atoms with Gasteiger partial charge in [-0.1, -0.05) is 103 Å². The highest BCUT2D eigenvalue weighted by Crippen LogP contribution is 2.49. The molecule has 0 saturated carbocycles. The third-order valence-corrected chi connectivity index (χ3v) is 11.4. The largest absolute Gasteiger partial charge is 0.308 e. The van der Waals surface area contributed by atoms with Gasteiger partial charge in [0, 0.05) is 52.8 Å². The SMILES string of the molecule is c1ccc(-c2nc(-c3cccc4ccccc34)nc(-n3c4ccc5sc6ccc7c8ccccc8n8c9cccc3c9c4c5c6c78)n2)cc1. The molecule has 12 rings (SSSR count). The molecule has 5 heterocycles. The average Bonchev–Trinajstić information content (AvgIpc) is 3.79. The summed E-state index contributed by atoms with van der Waals surface area (Å²) in [7, 11) is 0. The van der Waals surface area contributed by atoms with Crippen LogP contribution in [0.4, 0.5) is 0 Å². The van der Waals surface area contributed by atoms with Gasteiger partial charge < -0.3 is 4.40 Å². The van der Waals surface area contributed by atoms with Gasteiger partial charge in [-0.3, -0.25) is 4.57 Å². The summed E-state index contributed by atoms with van der Waals surface area (Å²) in [6.45, 7) is 0. The van der Waals surface area contributed by atoms with Crippen LogP contribution in [-0.4, -0.2) is 23.9 Å². The van der Waals surface area contributed by atoms with Gasteiger partial charge in [0.25, 0.3) is 0 Å². The van der Waals surface area contributed by atoms with Crippen LogP contribution in [0, 0.1) is 0 Å². The lowest BCUT2D eigenvalue weighted by Gasteiger charge is -2.12. The highest BCUT2D eigenvalue weighted by Gasteiger charge is 2.26. The zero-order valence-corrected chi connectivity index (χ0v) is 26.7. The summed E-state index contributed by atoms with van der Waals surface area (Å²) in [5.41, 5.74) is 7.79. The molecular weight excluding hydrogens is 619 g/mol. The molecule has 0 amide bonds. The molecule has 0 aliphatic rings. The second kappa shape index (κ2) is 9.16. The van der Waals surface area contributed by atoms with Gasteiger partial charge in [0.15, 0.2) is 11.6 Å². The number of hydrogen-bond acceptors (Lipinski definition) is 4. The summed E-state index contributed by atoms with van der Waals surface area (Å²) in [6.07, 6.45) is 0. The first kappa shape index (κ1) is 25.7. The van der Waals surface area contributed by atoms with Gasteiger partial charge in [0.05, 0.1) is 27.6 Å². The molecule has 5 aromatic heterocycles. The van der Waals surface area contributed by atoms with E-state index in [0.29, 0.717) is 17.6 Å². The summed E-state index contributed by atoms with van der Waals surface area (Å²) in [5.74, 6) is 1.91. The molecule has 7 aromatic carbocycles. The van der Waals surface area contributed by atoms with Crippen LogP contribution in [0.15, 0.2) is 140 Å². The molecule has 5 nitrogen and oxygen atoms in total. The molecule has 12 aromatic rings. The smallest absolute Gasteiger partial charge is 0.238 e. The van der Waals surface area contributed by atoms with Crippen molar-refractivity contribution in [3.63, 3.8) is 0 Å². The topological polar surface area (TPSA) is 48.0 Å². The van der Waals surface area contributed by atoms with Crippen LogP contribution in [-0.2, 0) is 0 Å². The molecule has 0 unspecified atom stereocenters. The van der Waals surface area contributed by atoms with Crippen LogP contribution in [0.3, 0.4) is 0 Å². The molecule has 0 saturated heterocycles. The number of rotatable bonds is 3. The van der Waals surface area contributed by atoms with Gasteiger partial charge in [-0.2, -0.15) is 9.97 Å². The molecule has 0 spiro atoms. The van der Waals surface area contributed by atoms with Crippen LogP contribution < -0.4 is 0 Å². The average molecular weight is 642 g/mol. The van der Waals surface area contributed by atoms with Crippen molar-refractivity contribution in [2.24, 2.45) is 0 Å². The molecule has 49 heavy (non-hydrogen) atoms. The normalized spacial score (nSPS) is 12.5. The van der Waals surface area contributed by atoms with Gasteiger partial charge in [-0.25, -0.2) is 4.98 Å². The molecule has 226 valence electrons. The number of benzene rings is 7. The molecular formula is C43H23N5S. The van der Waals surface area contributed by atoms with Gasteiger partial charge >= 0.3 is 0 Å². The van der Waals surface area contributed by atoms with Crippen LogP contribution in [0.2, 0.25) is 0 Å². The molecule has 0 N–H and O–H groups in total. The fourth-order valence-corrected chi connectivity index (χ4v) is 9.42. The zero-order valence-electron chi connectivity index (χ0n) is 25.9. The monoisotopic (exact) mass is 641 g/mol. The van der Waals surface area contributed by atoms with Crippen molar-refractivity contribution >= 4 is 91.4 Å². The molecule has 6 heteroatoms. The quantitative estimate of drug-likeness (QED) is 0.193. The minimum Gasteiger partial charge on any atom is -0.308 e. The highest BCUT2D eigenvalue weighted by molar-refractivity contribution is 7.26. The Kier molecular flexibility index (Phi) is 4.80. The van der Waals surface area contributed by atoms with E-state index in [1.54, 1.807) is 0 Å². The minimum absolute atomic E-state index is 0.608. The van der Waals surface area contributed by atoms with Crippen LogP contribution in [0.1, 0.15) is 0 Å². The van der Waals surface area contributed by atoms with Crippen molar-refractivity contribution in [3.8, 4) is 28.7 Å². The minimum atomic E-state index is 0.608. The Bertz CT molecular complexity index is 3270. The number of nitrogens with zero attached hydrogens (tertiary/aromatic N) is 5. The highest BCUT2D eigenvalue weighted by atomic mass is 32.1. The lowest BCUT2D eigenvalue weighted by Crippen LogP contribution is -2.06. The summed E-state index contributed by atoms with van der Waals surface area (Å²) in [4.78, 5) is 15.7. The third kappa shape index (κ3) is 3.26. The summed E-state index contributed by atoms with van der Waals surface area (Å²) in [6, 6.07) is 49.6.